The topological polar surface area (TPSA) is 81.5 Å². The van der Waals surface area contributed by atoms with Gasteiger partial charge in [0.25, 0.3) is 0 Å². The molecule has 0 amide bonds. The van der Waals surface area contributed by atoms with Gasteiger partial charge in [-0.3, -0.25) is 4.79 Å². The third-order valence-corrected chi connectivity index (χ3v) is 2.65. The highest BCUT2D eigenvalue weighted by molar-refractivity contribution is 9.10. The zero-order valence-corrected chi connectivity index (χ0v) is 10.5. The van der Waals surface area contributed by atoms with Crippen LogP contribution in [0.3, 0.4) is 0 Å². The van der Waals surface area contributed by atoms with Gasteiger partial charge < -0.3 is 14.6 Å². The molecule has 17 heavy (non-hydrogen) atoms. The Hall–Kier alpha value is -0.890. The Labute approximate surface area is 106 Å². The lowest BCUT2D eigenvalue weighted by atomic mass is 10.0. The lowest BCUT2D eigenvalue weighted by Gasteiger charge is -2.34. The molecular weight excluding hydrogens is 292 g/mol. The van der Waals surface area contributed by atoms with Gasteiger partial charge >= 0.3 is 0 Å². The molecule has 6 nitrogen and oxygen atoms in total. The summed E-state index contributed by atoms with van der Waals surface area (Å²) in [4.78, 5) is 17.7. The lowest BCUT2D eigenvalue weighted by molar-refractivity contribution is -0.189. The molecule has 0 bridgehead atoms. The molecule has 7 heteroatoms. The molecule has 3 rings (SSSR count). The Kier molecular flexibility index (Phi) is 3.82. The number of hydrogen-bond donors (Lipinski definition) is 1. The monoisotopic (exact) mass is 302 g/mol. The van der Waals surface area contributed by atoms with Crippen molar-refractivity contribution in [1.82, 2.24) is 9.97 Å². The summed E-state index contributed by atoms with van der Waals surface area (Å²) in [6, 6.07) is 0. The fraction of sp³-hybridized carbons (Fsp3) is 0.500. The van der Waals surface area contributed by atoms with Gasteiger partial charge in [0.15, 0.2) is 17.2 Å². The maximum absolute atomic E-state index is 9.77. The van der Waals surface area contributed by atoms with Crippen LogP contribution in [-0.4, -0.2) is 47.3 Å². The van der Waals surface area contributed by atoms with Crippen LogP contribution in [0.2, 0.25) is 0 Å². The molecule has 0 unspecified atom stereocenters. The second-order valence-corrected chi connectivity index (χ2v) is 4.70. The third kappa shape index (κ3) is 3.06. The van der Waals surface area contributed by atoms with Crippen LogP contribution in [-0.2, 0) is 19.9 Å². The molecule has 1 N–H and O–H groups in total. The van der Waals surface area contributed by atoms with E-state index in [1.807, 2.05) is 0 Å². The SMILES string of the molecule is O=C1COC1.OC1(c2ncc(Br)cn2)COC1. The van der Waals surface area contributed by atoms with Crippen molar-refractivity contribution in [2.24, 2.45) is 0 Å². The van der Waals surface area contributed by atoms with Gasteiger partial charge in [-0.1, -0.05) is 0 Å². The number of aromatic nitrogens is 2. The van der Waals surface area contributed by atoms with Gasteiger partial charge in [0.1, 0.15) is 13.2 Å². The van der Waals surface area contributed by atoms with E-state index in [1.165, 1.54) is 0 Å². The van der Waals surface area contributed by atoms with Crippen molar-refractivity contribution in [3.8, 4) is 0 Å². The number of carbonyl (C=O) groups is 1. The summed E-state index contributed by atoms with van der Waals surface area (Å²) in [5, 5.41) is 9.71. The van der Waals surface area contributed by atoms with Crippen LogP contribution in [0.4, 0.5) is 0 Å². The van der Waals surface area contributed by atoms with Gasteiger partial charge in [0.05, 0.1) is 17.7 Å². The second-order valence-electron chi connectivity index (χ2n) is 3.78. The highest BCUT2D eigenvalue weighted by atomic mass is 79.9. The maximum Gasteiger partial charge on any atom is 0.184 e. The molecule has 2 aliphatic rings. The van der Waals surface area contributed by atoms with Gasteiger partial charge in [-0.15, -0.1) is 0 Å². The van der Waals surface area contributed by atoms with E-state index in [0.717, 1.165) is 4.47 Å². The zero-order chi connectivity index (χ0) is 12.3. The van der Waals surface area contributed by atoms with Gasteiger partial charge in [-0.2, -0.15) is 0 Å². The van der Waals surface area contributed by atoms with Gasteiger partial charge in [-0.25, -0.2) is 9.97 Å². The molecule has 0 aliphatic carbocycles. The van der Waals surface area contributed by atoms with Gasteiger partial charge in [0.2, 0.25) is 0 Å². The highest BCUT2D eigenvalue weighted by Gasteiger charge is 2.40. The molecule has 92 valence electrons. The number of nitrogens with zero attached hydrogens (tertiary/aromatic N) is 2. The Bertz CT molecular complexity index is 399. The average molecular weight is 303 g/mol. The number of ketones is 1. The number of hydrogen-bond acceptors (Lipinski definition) is 6. The summed E-state index contributed by atoms with van der Waals surface area (Å²) < 4.78 is 10.2. The first-order valence-corrected chi connectivity index (χ1v) is 5.77. The van der Waals surface area contributed by atoms with Crippen molar-refractivity contribution in [3.05, 3.63) is 22.7 Å². The van der Waals surface area contributed by atoms with Crippen LogP contribution >= 0.6 is 15.9 Å². The van der Waals surface area contributed by atoms with Gasteiger partial charge in [0, 0.05) is 12.4 Å². The minimum Gasteiger partial charge on any atom is -0.377 e. The Morgan fingerprint density at radius 2 is 1.76 bits per heavy atom. The normalized spacial score (nSPS) is 20.7. The second kappa shape index (κ2) is 5.18. The smallest absolute Gasteiger partial charge is 0.184 e. The molecular formula is C10H11BrN2O4. The summed E-state index contributed by atoms with van der Waals surface area (Å²) in [6.45, 7) is 1.27. The first-order valence-electron chi connectivity index (χ1n) is 4.98. The standard InChI is InChI=1S/C7H7BrN2O2.C3H4O2/c8-5-1-9-6(10-2-5)7(11)3-12-4-7;4-3-1-5-2-3/h1-2,11H,3-4H2;1-2H2. The molecule has 3 heterocycles. The minimum absolute atomic E-state index is 0.213. The number of halogens is 1. The van der Waals surface area contributed by atoms with Crippen LogP contribution in [0.25, 0.3) is 0 Å². The predicted octanol–water partition coefficient (Wildman–Crippen LogP) is 0.0426. The van der Waals surface area contributed by atoms with Gasteiger partial charge in [-0.05, 0) is 15.9 Å². The van der Waals surface area contributed by atoms with Crippen molar-refractivity contribution in [2.45, 2.75) is 5.60 Å². The number of Topliss-reactive ketones (excluding diaryl/α,β-unsaturated/α-hetero) is 1. The number of ether oxygens (including phenoxy) is 2. The largest absolute Gasteiger partial charge is 0.377 e. The molecule has 0 spiro atoms. The summed E-state index contributed by atoms with van der Waals surface area (Å²) in [5.41, 5.74) is -0.958. The van der Waals surface area contributed by atoms with Crippen LogP contribution < -0.4 is 0 Å². The summed E-state index contributed by atoms with van der Waals surface area (Å²) in [5.74, 6) is 0.641. The van der Waals surface area contributed by atoms with E-state index in [-0.39, 0.29) is 19.0 Å². The Balaban J connectivity index is 0.000000181. The molecule has 0 radical (unpaired) electrons. The molecule has 1 aromatic rings. The van der Waals surface area contributed by atoms with Crippen molar-refractivity contribution in [2.75, 3.05) is 26.4 Å². The van der Waals surface area contributed by atoms with Crippen LogP contribution in [0, 0.1) is 0 Å². The van der Waals surface area contributed by atoms with Crippen molar-refractivity contribution < 1.29 is 19.4 Å². The average Bonchev–Trinajstić information content (AvgIpc) is 2.25. The quantitative estimate of drug-likeness (QED) is 0.789. The predicted molar refractivity (Wildman–Crippen MR) is 60.3 cm³/mol. The fourth-order valence-corrected chi connectivity index (χ4v) is 1.37. The number of aliphatic hydroxyl groups is 1. The molecule has 2 aliphatic heterocycles. The number of carbonyl (C=O) groups excluding carboxylic acids is 1. The van der Waals surface area contributed by atoms with E-state index in [4.69, 9.17) is 4.74 Å². The molecule has 1 aromatic heterocycles. The van der Waals surface area contributed by atoms with E-state index >= 15 is 0 Å². The van der Waals surface area contributed by atoms with E-state index in [2.05, 4.69) is 30.6 Å². The van der Waals surface area contributed by atoms with E-state index in [9.17, 15) is 9.90 Å². The van der Waals surface area contributed by atoms with E-state index in [1.54, 1.807) is 12.4 Å². The maximum atomic E-state index is 9.77. The first kappa shape index (κ1) is 12.6. The minimum atomic E-state index is -0.958. The fourth-order valence-electron chi connectivity index (χ4n) is 1.16. The lowest BCUT2D eigenvalue weighted by Crippen LogP contribution is -2.47. The van der Waals surface area contributed by atoms with E-state index < -0.39 is 5.60 Å². The summed E-state index contributed by atoms with van der Waals surface area (Å²) in [7, 11) is 0. The molecule has 0 aromatic carbocycles. The van der Waals surface area contributed by atoms with E-state index in [0.29, 0.717) is 19.0 Å². The molecule has 2 saturated heterocycles. The van der Waals surface area contributed by atoms with Crippen molar-refractivity contribution in [3.63, 3.8) is 0 Å². The van der Waals surface area contributed by atoms with Crippen LogP contribution in [0.1, 0.15) is 5.82 Å². The molecule has 2 fully saturated rings. The Morgan fingerprint density at radius 3 is 2.06 bits per heavy atom. The first-order chi connectivity index (χ1) is 8.10. The van der Waals surface area contributed by atoms with Crippen LogP contribution in [0.5, 0.6) is 0 Å². The van der Waals surface area contributed by atoms with Crippen LogP contribution in [0.15, 0.2) is 16.9 Å². The summed E-state index contributed by atoms with van der Waals surface area (Å²) in [6.07, 6.45) is 3.22. The highest BCUT2D eigenvalue weighted by Crippen LogP contribution is 2.26. The molecule has 0 atom stereocenters. The zero-order valence-electron chi connectivity index (χ0n) is 8.93. The Morgan fingerprint density at radius 1 is 1.24 bits per heavy atom. The third-order valence-electron chi connectivity index (χ3n) is 2.24. The van der Waals surface area contributed by atoms with Crippen molar-refractivity contribution in [1.29, 1.82) is 0 Å². The number of rotatable bonds is 1. The summed E-state index contributed by atoms with van der Waals surface area (Å²) >= 11 is 3.21. The van der Waals surface area contributed by atoms with Crippen molar-refractivity contribution >= 4 is 21.7 Å². The molecule has 0 saturated carbocycles.